The summed E-state index contributed by atoms with van der Waals surface area (Å²) in [6.45, 7) is 2.02. The summed E-state index contributed by atoms with van der Waals surface area (Å²) in [4.78, 5) is 24.6. The molecule has 1 aromatic rings. The van der Waals surface area contributed by atoms with Gasteiger partial charge in [-0.05, 0) is 12.7 Å². The third kappa shape index (κ3) is 3.28. The van der Waals surface area contributed by atoms with Gasteiger partial charge in [-0.15, -0.1) is 0 Å². The van der Waals surface area contributed by atoms with Crippen LogP contribution in [0.15, 0.2) is 11.2 Å². The first-order valence-corrected chi connectivity index (χ1v) is 7.46. The van der Waals surface area contributed by atoms with Crippen molar-refractivity contribution in [3.05, 3.63) is 6.07 Å². The third-order valence-electron chi connectivity index (χ3n) is 3.13. The molecule has 7 heteroatoms. The molecule has 0 aromatic carbocycles. The van der Waals surface area contributed by atoms with Crippen LogP contribution in [0.4, 0.5) is 11.6 Å². The highest BCUT2D eigenvalue weighted by molar-refractivity contribution is 7.98. The predicted octanol–water partition coefficient (Wildman–Crippen LogP) is 0.909. The van der Waals surface area contributed by atoms with E-state index in [4.69, 9.17) is 0 Å². The van der Waals surface area contributed by atoms with Crippen molar-refractivity contribution in [2.75, 3.05) is 50.2 Å². The van der Waals surface area contributed by atoms with E-state index in [2.05, 4.69) is 15.3 Å². The minimum absolute atomic E-state index is 0.132. The van der Waals surface area contributed by atoms with Gasteiger partial charge < -0.3 is 15.1 Å². The van der Waals surface area contributed by atoms with E-state index in [1.54, 1.807) is 4.90 Å². The Balaban J connectivity index is 2.27. The summed E-state index contributed by atoms with van der Waals surface area (Å²) in [6, 6.07) is 1.89. The lowest BCUT2D eigenvalue weighted by atomic mass is 10.3. The summed E-state index contributed by atoms with van der Waals surface area (Å²) in [5.74, 6) is 1.72. The van der Waals surface area contributed by atoms with Gasteiger partial charge in [-0.1, -0.05) is 11.8 Å². The van der Waals surface area contributed by atoms with Gasteiger partial charge in [0.15, 0.2) is 5.16 Å². The summed E-state index contributed by atoms with van der Waals surface area (Å²) < 4.78 is 0. The van der Waals surface area contributed by atoms with Gasteiger partial charge in [-0.2, -0.15) is 0 Å². The van der Waals surface area contributed by atoms with Crippen LogP contribution in [0, 0.1) is 0 Å². The lowest BCUT2D eigenvalue weighted by Gasteiger charge is -2.21. The molecule has 0 unspecified atom stereocenters. The molecule has 1 aromatic heterocycles. The van der Waals surface area contributed by atoms with Gasteiger partial charge in [0.05, 0.1) is 6.54 Å². The number of nitrogens with one attached hydrogen (secondary N) is 1. The number of likely N-dealkylation sites (N-methyl/N-ethyl adjacent to an activating group) is 1. The zero-order chi connectivity index (χ0) is 13.8. The van der Waals surface area contributed by atoms with E-state index in [-0.39, 0.29) is 5.91 Å². The second-order valence-electron chi connectivity index (χ2n) is 4.44. The van der Waals surface area contributed by atoms with Crippen LogP contribution in [0.2, 0.25) is 0 Å². The highest BCUT2D eigenvalue weighted by Crippen LogP contribution is 2.21. The smallest absolute Gasteiger partial charge is 0.241 e. The molecule has 1 saturated heterocycles. The van der Waals surface area contributed by atoms with Crippen molar-refractivity contribution >= 4 is 29.3 Å². The van der Waals surface area contributed by atoms with E-state index in [1.165, 1.54) is 11.8 Å². The SMILES string of the molecule is CNc1cc(N2CCCN(C)C(=O)C2)nc(SC)n1. The Morgan fingerprint density at radius 1 is 1.37 bits per heavy atom. The lowest BCUT2D eigenvalue weighted by molar-refractivity contribution is -0.127. The van der Waals surface area contributed by atoms with E-state index in [0.29, 0.717) is 11.7 Å². The van der Waals surface area contributed by atoms with Crippen LogP contribution in [-0.2, 0) is 4.79 Å². The fourth-order valence-corrected chi connectivity index (χ4v) is 2.35. The van der Waals surface area contributed by atoms with Crippen molar-refractivity contribution in [1.82, 2.24) is 14.9 Å². The molecule has 104 valence electrons. The summed E-state index contributed by atoms with van der Waals surface area (Å²) >= 11 is 1.50. The zero-order valence-corrected chi connectivity index (χ0v) is 12.3. The third-order valence-corrected chi connectivity index (χ3v) is 3.68. The number of carbonyl (C=O) groups is 1. The number of amides is 1. The largest absolute Gasteiger partial charge is 0.373 e. The fourth-order valence-electron chi connectivity index (χ4n) is 1.98. The summed E-state index contributed by atoms with van der Waals surface area (Å²) in [6.07, 6.45) is 2.90. The van der Waals surface area contributed by atoms with E-state index < -0.39 is 0 Å². The molecule has 1 aliphatic heterocycles. The number of carbonyl (C=O) groups excluding carboxylic acids is 1. The summed E-state index contributed by atoms with van der Waals surface area (Å²) in [7, 11) is 3.68. The fraction of sp³-hybridized carbons (Fsp3) is 0.583. The highest BCUT2D eigenvalue weighted by Gasteiger charge is 2.20. The number of anilines is 2. The second kappa shape index (κ2) is 6.10. The van der Waals surface area contributed by atoms with Gasteiger partial charge in [-0.3, -0.25) is 4.79 Å². The molecular weight excluding hydrogens is 262 g/mol. The predicted molar refractivity (Wildman–Crippen MR) is 77.8 cm³/mol. The van der Waals surface area contributed by atoms with Gasteiger partial charge in [0.25, 0.3) is 0 Å². The first-order chi connectivity index (χ1) is 9.13. The standard InChI is InChI=1S/C12H19N5OS/c1-13-9-7-10(15-12(14-9)19-3)17-6-4-5-16(2)11(18)8-17/h7H,4-6,8H2,1-3H3,(H,13,14,15). The quantitative estimate of drug-likeness (QED) is 0.656. The van der Waals surface area contributed by atoms with E-state index in [0.717, 1.165) is 31.1 Å². The molecule has 2 heterocycles. The highest BCUT2D eigenvalue weighted by atomic mass is 32.2. The maximum Gasteiger partial charge on any atom is 0.241 e. The molecule has 0 spiro atoms. The van der Waals surface area contributed by atoms with Crippen molar-refractivity contribution in [3.8, 4) is 0 Å². The summed E-state index contributed by atoms with van der Waals surface area (Å²) in [5, 5.41) is 3.75. The maximum atomic E-state index is 11.9. The Kier molecular flexibility index (Phi) is 4.47. The van der Waals surface area contributed by atoms with Gasteiger partial charge in [0.1, 0.15) is 11.6 Å². The molecule has 6 nitrogen and oxygen atoms in total. The lowest BCUT2D eigenvalue weighted by Crippen LogP contribution is -2.34. The van der Waals surface area contributed by atoms with E-state index >= 15 is 0 Å². The normalized spacial score (nSPS) is 16.5. The Morgan fingerprint density at radius 3 is 2.84 bits per heavy atom. The van der Waals surface area contributed by atoms with Crippen LogP contribution in [0.3, 0.4) is 0 Å². The van der Waals surface area contributed by atoms with Crippen LogP contribution in [0.5, 0.6) is 0 Å². The molecular formula is C12H19N5OS. The number of nitrogens with zero attached hydrogens (tertiary/aromatic N) is 4. The van der Waals surface area contributed by atoms with Crippen molar-refractivity contribution in [3.63, 3.8) is 0 Å². The molecule has 1 amide bonds. The van der Waals surface area contributed by atoms with Gasteiger partial charge >= 0.3 is 0 Å². The van der Waals surface area contributed by atoms with Gasteiger partial charge in [0, 0.05) is 33.3 Å². The number of rotatable bonds is 3. The number of thioether (sulfide) groups is 1. The van der Waals surface area contributed by atoms with Crippen LogP contribution in [0.1, 0.15) is 6.42 Å². The molecule has 0 aliphatic carbocycles. The van der Waals surface area contributed by atoms with Crippen LogP contribution in [-0.4, -0.2) is 60.8 Å². The second-order valence-corrected chi connectivity index (χ2v) is 5.21. The molecule has 0 atom stereocenters. The van der Waals surface area contributed by atoms with Gasteiger partial charge in [-0.25, -0.2) is 9.97 Å². The first kappa shape index (κ1) is 13.9. The maximum absolute atomic E-state index is 11.9. The Labute approximate surface area is 117 Å². The Bertz CT molecular complexity index is 445. The van der Waals surface area contributed by atoms with E-state index in [1.807, 2.05) is 31.3 Å². The molecule has 0 radical (unpaired) electrons. The number of hydrogen-bond acceptors (Lipinski definition) is 6. The topological polar surface area (TPSA) is 61.4 Å². The van der Waals surface area contributed by atoms with Crippen molar-refractivity contribution < 1.29 is 4.79 Å². The Morgan fingerprint density at radius 2 is 2.16 bits per heavy atom. The molecule has 0 saturated carbocycles. The van der Waals surface area contributed by atoms with Crippen LogP contribution < -0.4 is 10.2 Å². The zero-order valence-electron chi connectivity index (χ0n) is 11.5. The molecule has 2 rings (SSSR count). The van der Waals surface area contributed by atoms with Crippen molar-refractivity contribution in [2.24, 2.45) is 0 Å². The average molecular weight is 281 g/mol. The molecule has 1 aliphatic rings. The monoisotopic (exact) mass is 281 g/mol. The van der Waals surface area contributed by atoms with E-state index in [9.17, 15) is 4.79 Å². The minimum atomic E-state index is 0.132. The van der Waals surface area contributed by atoms with Crippen LogP contribution in [0.25, 0.3) is 0 Å². The molecule has 0 bridgehead atoms. The molecule has 1 fully saturated rings. The minimum Gasteiger partial charge on any atom is -0.373 e. The first-order valence-electron chi connectivity index (χ1n) is 6.23. The molecule has 19 heavy (non-hydrogen) atoms. The van der Waals surface area contributed by atoms with Crippen molar-refractivity contribution in [2.45, 2.75) is 11.6 Å². The number of hydrogen-bond donors (Lipinski definition) is 1. The van der Waals surface area contributed by atoms with Crippen molar-refractivity contribution in [1.29, 1.82) is 0 Å². The molecule has 1 N–H and O–H groups in total. The number of aromatic nitrogens is 2. The average Bonchev–Trinajstić information content (AvgIpc) is 2.60. The summed E-state index contributed by atoms with van der Waals surface area (Å²) in [5.41, 5.74) is 0. The van der Waals surface area contributed by atoms with Crippen LogP contribution >= 0.6 is 11.8 Å². The Hall–Kier alpha value is -1.50. The van der Waals surface area contributed by atoms with Gasteiger partial charge in [0.2, 0.25) is 5.91 Å².